The predicted octanol–water partition coefficient (Wildman–Crippen LogP) is 1.36. The Kier molecular flexibility index (Phi) is 4.52. The van der Waals surface area contributed by atoms with E-state index in [-0.39, 0.29) is 6.10 Å². The van der Waals surface area contributed by atoms with Gasteiger partial charge in [-0.25, -0.2) is 4.68 Å². The Morgan fingerprint density at radius 2 is 2.20 bits per heavy atom. The number of nitrogen functional groups attached to an aromatic ring is 1. The van der Waals surface area contributed by atoms with Crippen LogP contribution in [0.15, 0.2) is 18.2 Å². The fourth-order valence-electron chi connectivity index (χ4n) is 1.89. The highest BCUT2D eigenvalue weighted by atomic mass is 16.5. The van der Waals surface area contributed by atoms with Gasteiger partial charge in [0.1, 0.15) is 5.75 Å². The monoisotopic (exact) mass is 277 g/mol. The Morgan fingerprint density at radius 1 is 1.40 bits per heavy atom. The summed E-state index contributed by atoms with van der Waals surface area (Å²) in [5.41, 5.74) is 7.35. The van der Waals surface area contributed by atoms with Crippen LogP contribution in [0.2, 0.25) is 0 Å². The molecule has 0 bridgehead atoms. The number of aromatic nitrogens is 4. The smallest absolute Gasteiger partial charge is 0.187 e. The zero-order valence-corrected chi connectivity index (χ0v) is 11.9. The van der Waals surface area contributed by atoms with Crippen molar-refractivity contribution in [3.63, 3.8) is 0 Å². The van der Waals surface area contributed by atoms with Crippen LogP contribution in [0.1, 0.15) is 13.8 Å². The molecule has 20 heavy (non-hydrogen) atoms. The van der Waals surface area contributed by atoms with Gasteiger partial charge in [-0.15, -0.1) is 5.10 Å². The minimum atomic E-state index is -0.00210. The van der Waals surface area contributed by atoms with Crippen LogP contribution in [-0.2, 0) is 11.3 Å². The number of hydrogen-bond donors (Lipinski definition) is 1. The molecule has 0 fully saturated rings. The summed E-state index contributed by atoms with van der Waals surface area (Å²) in [5.74, 6) is 1.25. The zero-order chi connectivity index (χ0) is 14.5. The highest BCUT2D eigenvalue weighted by Crippen LogP contribution is 2.33. The number of nitrogens with zero attached hydrogens (tertiary/aromatic N) is 4. The molecule has 2 N–H and O–H groups in total. The largest absolute Gasteiger partial charge is 0.493 e. The van der Waals surface area contributed by atoms with Crippen molar-refractivity contribution in [2.75, 3.05) is 19.5 Å². The molecule has 1 aromatic heterocycles. The average molecular weight is 277 g/mol. The molecule has 2 aromatic rings. The van der Waals surface area contributed by atoms with E-state index in [9.17, 15) is 0 Å². The minimum absolute atomic E-state index is 0.00210. The highest BCUT2D eigenvalue weighted by molar-refractivity contribution is 5.77. The lowest BCUT2D eigenvalue weighted by atomic mass is 10.1. The average Bonchev–Trinajstić information content (AvgIpc) is 2.87. The summed E-state index contributed by atoms with van der Waals surface area (Å²) in [6.07, 6.45) is -0.00210. The molecule has 0 saturated carbocycles. The molecule has 1 heterocycles. The number of benzene rings is 1. The Morgan fingerprint density at radius 3 is 2.90 bits per heavy atom. The minimum Gasteiger partial charge on any atom is -0.493 e. The molecule has 108 valence electrons. The number of anilines is 1. The number of ether oxygens (including phenoxy) is 2. The van der Waals surface area contributed by atoms with Crippen molar-refractivity contribution in [2.24, 2.45) is 0 Å². The van der Waals surface area contributed by atoms with Crippen molar-refractivity contribution in [1.82, 2.24) is 20.2 Å². The van der Waals surface area contributed by atoms with Gasteiger partial charge < -0.3 is 15.2 Å². The number of rotatable bonds is 6. The molecule has 7 heteroatoms. The van der Waals surface area contributed by atoms with Crippen molar-refractivity contribution >= 4 is 5.69 Å². The van der Waals surface area contributed by atoms with Crippen LogP contribution < -0.4 is 10.5 Å². The molecule has 7 nitrogen and oxygen atoms in total. The van der Waals surface area contributed by atoms with Crippen LogP contribution in [0.25, 0.3) is 11.4 Å². The van der Waals surface area contributed by atoms with Gasteiger partial charge in [-0.2, -0.15) is 0 Å². The van der Waals surface area contributed by atoms with Crippen molar-refractivity contribution in [3.05, 3.63) is 18.2 Å². The molecule has 1 atom stereocenters. The number of nitrogens with two attached hydrogens (primary N) is 1. The SMILES string of the molecule is CCOc1cccc(N)c1-c1nnnn1CC(C)OC. The van der Waals surface area contributed by atoms with Crippen molar-refractivity contribution in [2.45, 2.75) is 26.5 Å². The maximum Gasteiger partial charge on any atom is 0.187 e. The lowest BCUT2D eigenvalue weighted by Gasteiger charge is -2.14. The van der Waals surface area contributed by atoms with Gasteiger partial charge in [0, 0.05) is 12.8 Å². The van der Waals surface area contributed by atoms with Crippen LogP contribution in [-0.4, -0.2) is 40.0 Å². The number of tetrazole rings is 1. The summed E-state index contributed by atoms with van der Waals surface area (Å²) >= 11 is 0. The van der Waals surface area contributed by atoms with Crippen LogP contribution in [0.4, 0.5) is 5.69 Å². The summed E-state index contributed by atoms with van der Waals surface area (Å²) in [7, 11) is 1.65. The molecule has 1 aromatic carbocycles. The van der Waals surface area contributed by atoms with Gasteiger partial charge in [0.15, 0.2) is 5.82 Å². The molecular formula is C13H19N5O2. The quantitative estimate of drug-likeness (QED) is 0.802. The molecule has 0 saturated heterocycles. The molecular weight excluding hydrogens is 258 g/mol. The highest BCUT2D eigenvalue weighted by Gasteiger charge is 2.18. The summed E-state index contributed by atoms with van der Waals surface area (Å²) in [4.78, 5) is 0. The van der Waals surface area contributed by atoms with Crippen molar-refractivity contribution in [1.29, 1.82) is 0 Å². The first-order valence-electron chi connectivity index (χ1n) is 6.48. The van der Waals surface area contributed by atoms with Crippen LogP contribution in [0.5, 0.6) is 5.75 Å². The van der Waals surface area contributed by atoms with Gasteiger partial charge in [0.05, 0.1) is 24.8 Å². The second-order valence-electron chi connectivity index (χ2n) is 4.38. The molecule has 0 radical (unpaired) electrons. The first kappa shape index (κ1) is 14.3. The fourth-order valence-corrected chi connectivity index (χ4v) is 1.89. The van der Waals surface area contributed by atoms with Gasteiger partial charge in [0.2, 0.25) is 0 Å². The third-order valence-corrected chi connectivity index (χ3v) is 2.95. The van der Waals surface area contributed by atoms with Crippen LogP contribution in [0, 0.1) is 0 Å². The van der Waals surface area contributed by atoms with E-state index in [1.54, 1.807) is 17.9 Å². The van der Waals surface area contributed by atoms with Gasteiger partial charge in [0.25, 0.3) is 0 Å². The molecule has 1 unspecified atom stereocenters. The van der Waals surface area contributed by atoms with Gasteiger partial charge in [-0.1, -0.05) is 6.07 Å². The molecule has 2 rings (SSSR count). The lowest BCUT2D eigenvalue weighted by molar-refractivity contribution is 0.0997. The molecule has 0 spiro atoms. The molecule has 0 aliphatic heterocycles. The number of methoxy groups -OCH3 is 1. The van der Waals surface area contributed by atoms with Crippen molar-refractivity contribution in [3.8, 4) is 17.1 Å². The maximum atomic E-state index is 6.05. The summed E-state index contributed by atoms with van der Waals surface area (Å²) in [6, 6.07) is 5.50. The zero-order valence-electron chi connectivity index (χ0n) is 11.9. The van der Waals surface area contributed by atoms with E-state index in [1.807, 2.05) is 26.0 Å². The molecule has 0 aliphatic rings. The Bertz CT molecular complexity index is 570. The van der Waals surface area contributed by atoms with Crippen LogP contribution in [0.3, 0.4) is 0 Å². The summed E-state index contributed by atoms with van der Waals surface area (Å²) in [5, 5.41) is 11.8. The Labute approximate surface area is 117 Å². The second-order valence-corrected chi connectivity index (χ2v) is 4.38. The maximum absolute atomic E-state index is 6.05. The fraction of sp³-hybridized carbons (Fsp3) is 0.462. The van der Waals surface area contributed by atoms with Gasteiger partial charge in [-0.3, -0.25) is 0 Å². The Hall–Kier alpha value is -2.15. The van der Waals surface area contributed by atoms with E-state index in [4.69, 9.17) is 15.2 Å². The van der Waals surface area contributed by atoms with Gasteiger partial charge >= 0.3 is 0 Å². The first-order valence-corrected chi connectivity index (χ1v) is 6.48. The lowest BCUT2D eigenvalue weighted by Crippen LogP contribution is -2.17. The number of hydrogen-bond acceptors (Lipinski definition) is 6. The van der Waals surface area contributed by atoms with E-state index in [0.29, 0.717) is 36.0 Å². The van der Waals surface area contributed by atoms with E-state index in [2.05, 4.69) is 15.5 Å². The van der Waals surface area contributed by atoms with E-state index in [0.717, 1.165) is 0 Å². The predicted molar refractivity (Wildman–Crippen MR) is 75.3 cm³/mol. The molecule has 0 aliphatic carbocycles. The van der Waals surface area contributed by atoms with E-state index < -0.39 is 0 Å². The molecule has 0 amide bonds. The topological polar surface area (TPSA) is 88.1 Å². The Balaban J connectivity index is 2.44. The summed E-state index contributed by atoms with van der Waals surface area (Å²) in [6.45, 7) is 4.96. The van der Waals surface area contributed by atoms with E-state index in [1.165, 1.54) is 0 Å². The summed E-state index contributed by atoms with van der Waals surface area (Å²) < 4.78 is 12.5. The normalized spacial score (nSPS) is 12.3. The third-order valence-electron chi connectivity index (χ3n) is 2.95. The first-order chi connectivity index (χ1) is 9.67. The van der Waals surface area contributed by atoms with Crippen molar-refractivity contribution < 1.29 is 9.47 Å². The second kappa shape index (κ2) is 6.33. The van der Waals surface area contributed by atoms with Gasteiger partial charge in [-0.05, 0) is 36.4 Å². The third kappa shape index (κ3) is 2.88. The standard InChI is InChI=1S/C13H19N5O2/c1-4-20-11-7-5-6-10(14)12(11)13-15-16-17-18(13)8-9(2)19-3/h5-7,9H,4,8,14H2,1-3H3. The van der Waals surface area contributed by atoms with E-state index >= 15 is 0 Å². The van der Waals surface area contributed by atoms with Crippen LogP contribution >= 0.6 is 0 Å².